The average Bonchev–Trinajstić information content (AvgIpc) is 3.40. The smallest absolute Gasteiger partial charge is 0.198 e. The van der Waals surface area contributed by atoms with Crippen LogP contribution in [0.25, 0.3) is 17.2 Å². The highest BCUT2D eigenvalue weighted by Crippen LogP contribution is 2.22. The van der Waals surface area contributed by atoms with Crippen molar-refractivity contribution in [3.8, 4) is 0 Å². The molecule has 10 heteroatoms. The molecule has 10 nitrogen and oxygen atoms in total. The molecule has 4 aromatic rings. The number of anilines is 1. The van der Waals surface area contributed by atoms with Gasteiger partial charge in [0, 0.05) is 36.8 Å². The number of imidazole rings is 1. The van der Waals surface area contributed by atoms with Crippen LogP contribution in [0.15, 0.2) is 49.1 Å². The summed E-state index contributed by atoms with van der Waals surface area (Å²) < 4.78 is 0. The molecule has 0 spiro atoms. The third-order valence-corrected chi connectivity index (χ3v) is 4.67. The SMILES string of the molecule is CN(/C=C\c1c(C(=O)c2cccnc2NO)c[nH]c1C=O)Cc1nc2ncccc2[nH]1. The largest absolute Gasteiger partial charge is 0.373 e. The van der Waals surface area contributed by atoms with Gasteiger partial charge in [-0.3, -0.25) is 20.3 Å². The molecule has 4 N–H and O–H groups in total. The maximum atomic E-state index is 13.0. The van der Waals surface area contributed by atoms with E-state index in [4.69, 9.17) is 0 Å². The van der Waals surface area contributed by atoms with Gasteiger partial charge in [-0.15, -0.1) is 0 Å². The minimum absolute atomic E-state index is 0.0342. The highest BCUT2D eigenvalue weighted by atomic mass is 16.5. The van der Waals surface area contributed by atoms with Crippen LogP contribution < -0.4 is 5.48 Å². The second-order valence-electron chi connectivity index (χ2n) is 6.78. The number of carbonyl (C=O) groups is 2. The lowest BCUT2D eigenvalue weighted by molar-refractivity contribution is 0.103. The zero-order valence-corrected chi connectivity index (χ0v) is 16.5. The van der Waals surface area contributed by atoms with E-state index < -0.39 is 0 Å². The monoisotopic (exact) mass is 417 g/mol. The number of fused-ring (bicyclic) bond motifs is 1. The summed E-state index contributed by atoms with van der Waals surface area (Å²) in [4.78, 5) is 45.0. The molecule has 31 heavy (non-hydrogen) atoms. The maximum absolute atomic E-state index is 13.0. The van der Waals surface area contributed by atoms with Crippen LogP contribution in [-0.4, -0.2) is 54.1 Å². The number of aromatic nitrogens is 5. The average molecular weight is 417 g/mol. The van der Waals surface area contributed by atoms with Gasteiger partial charge in [0.05, 0.1) is 23.3 Å². The number of nitrogens with zero attached hydrogens (tertiary/aromatic N) is 4. The van der Waals surface area contributed by atoms with Gasteiger partial charge in [0.25, 0.3) is 0 Å². The van der Waals surface area contributed by atoms with Crippen LogP contribution in [0.5, 0.6) is 0 Å². The van der Waals surface area contributed by atoms with E-state index in [2.05, 4.69) is 24.9 Å². The molecule has 0 radical (unpaired) electrons. The lowest BCUT2D eigenvalue weighted by Gasteiger charge is -2.12. The van der Waals surface area contributed by atoms with Crippen molar-refractivity contribution in [1.82, 2.24) is 29.8 Å². The number of rotatable bonds is 8. The summed E-state index contributed by atoms with van der Waals surface area (Å²) in [6.45, 7) is 0.470. The number of carbonyl (C=O) groups excluding carboxylic acids is 2. The van der Waals surface area contributed by atoms with E-state index in [-0.39, 0.29) is 28.4 Å². The lowest BCUT2D eigenvalue weighted by atomic mass is 10.0. The van der Waals surface area contributed by atoms with Crippen LogP contribution in [0.3, 0.4) is 0 Å². The van der Waals surface area contributed by atoms with Crippen LogP contribution in [-0.2, 0) is 6.54 Å². The zero-order valence-electron chi connectivity index (χ0n) is 16.5. The predicted molar refractivity (Wildman–Crippen MR) is 114 cm³/mol. The molecule has 0 aliphatic heterocycles. The number of aldehydes is 1. The maximum Gasteiger partial charge on any atom is 0.198 e. The second kappa shape index (κ2) is 8.59. The molecule has 4 rings (SSSR count). The molecule has 0 amide bonds. The molecule has 0 aromatic carbocycles. The number of hydrogen-bond acceptors (Lipinski definition) is 8. The van der Waals surface area contributed by atoms with Gasteiger partial charge in [-0.25, -0.2) is 15.0 Å². The van der Waals surface area contributed by atoms with Crippen LogP contribution in [0.2, 0.25) is 0 Å². The van der Waals surface area contributed by atoms with Gasteiger partial charge >= 0.3 is 0 Å². The Morgan fingerprint density at radius 2 is 2.03 bits per heavy atom. The minimum Gasteiger partial charge on any atom is -0.373 e. The molecule has 0 fully saturated rings. The minimum atomic E-state index is -0.389. The summed E-state index contributed by atoms with van der Waals surface area (Å²) in [5.41, 5.74) is 4.57. The molecule has 4 aromatic heterocycles. The molecule has 0 saturated heterocycles. The summed E-state index contributed by atoms with van der Waals surface area (Å²) >= 11 is 0. The van der Waals surface area contributed by atoms with Gasteiger partial charge in [0.15, 0.2) is 23.5 Å². The summed E-state index contributed by atoms with van der Waals surface area (Å²) in [6, 6.07) is 6.86. The van der Waals surface area contributed by atoms with Crippen molar-refractivity contribution >= 4 is 35.1 Å². The van der Waals surface area contributed by atoms with Crippen LogP contribution in [0.1, 0.15) is 37.8 Å². The highest BCUT2D eigenvalue weighted by Gasteiger charge is 2.20. The van der Waals surface area contributed by atoms with Gasteiger partial charge in [-0.1, -0.05) is 0 Å². The van der Waals surface area contributed by atoms with Gasteiger partial charge in [-0.2, -0.15) is 0 Å². The fourth-order valence-corrected chi connectivity index (χ4v) is 3.20. The molecular formula is C21H19N7O3. The first-order valence-corrected chi connectivity index (χ1v) is 9.35. The Kier molecular flexibility index (Phi) is 5.54. The third-order valence-electron chi connectivity index (χ3n) is 4.67. The van der Waals surface area contributed by atoms with Crippen molar-refractivity contribution in [2.45, 2.75) is 6.54 Å². The summed E-state index contributed by atoms with van der Waals surface area (Å²) in [7, 11) is 1.85. The van der Waals surface area contributed by atoms with Gasteiger partial charge < -0.3 is 14.9 Å². The summed E-state index contributed by atoms with van der Waals surface area (Å²) in [5.74, 6) is 0.377. The Morgan fingerprint density at radius 3 is 2.81 bits per heavy atom. The first kappa shape index (κ1) is 20.0. The highest BCUT2D eigenvalue weighted by molar-refractivity contribution is 6.14. The number of hydrogen-bond donors (Lipinski definition) is 4. The van der Waals surface area contributed by atoms with Gasteiger partial charge in [0.2, 0.25) is 0 Å². The Hall–Kier alpha value is -4.31. The Labute approximate surface area is 176 Å². The third kappa shape index (κ3) is 4.05. The molecule has 0 saturated carbocycles. The zero-order chi connectivity index (χ0) is 21.8. The number of pyridine rings is 2. The molecule has 4 heterocycles. The number of nitrogens with one attached hydrogen (secondary N) is 3. The van der Waals surface area contributed by atoms with Crippen molar-refractivity contribution in [2.24, 2.45) is 0 Å². The van der Waals surface area contributed by atoms with E-state index in [0.717, 1.165) is 11.3 Å². The Bertz CT molecular complexity index is 1240. The summed E-state index contributed by atoms with van der Waals surface area (Å²) in [5, 5.41) is 9.24. The fourth-order valence-electron chi connectivity index (χ4n) is 3.20. The Balaban J connectivity index is 1.58. The van der Waals surface area contributed by atoms with Crippen molar-refractivity contribution in [2.75, 3.05) is 12.5 Å². The van der Waals surface area contributed by atoms with Crippen LogP contribution in [0.4, 0.5) is 5.82 Å². The molecule has 0 aliphatic carbocycles. The summed E-state index contributed by atoms with van der Waals surface area (Å²) in [6.07, 6.45) is 8.67. The van der Waals surface area contributed by atoms with Crippen molar-refractivity contribution < 1.29 is 14.8 Å². The first-order chi connectivity index (χ1) is 15.1. The predicted octanol–water partition coefficient (Wildman–Crippen LogP) is 2.63. The number of ketones is 1. The van der Waals surface area contributed by atoms with E-state index in [0.29, 0.717) is 24.0 Å². The van der Waals surface area contributed by atoms with Crippen LogP contribution >= 0.6 is 0 Å². The molecular weight excluding hydrogens is 398 g/mol. The normalized spacial score (nSPS) is 11.2. The number of H-pyrrole nitrogens is 2. The second-order valence-corrected chi connectivity index (χ2v) is 6.78. The van der Waals surface area contributed by atoms with E-state index in [1.165, 1.54) is 18.5 Å². The van der Waals surface area contributed by atoms with E-state index in [9.17, 15) is 14.8 Å². The molecule has 0 bridgehead atoms. The fraction of sp³-hybridized carbons (Fsp3) is 0.0952. The quantitative estimate of drug-likeness (QED) is 0.195. The first-order valence-electron chi connectivity index (χ1n) is 9.35. The van der Waals surface area contributed by atoms with Crippen molar-refractivity contribution in [3.05, 3.63) is 77.3 Å². The molecule has 0 atom stereocenters. The number of aromatic amines is 2. The molecule has 0 aliphatic rings. The Morgan fingerprint density at radius 1 is 1.23 bits per heavy atom. The van der Waals surface area contributed by atoms with E-state index in [1.807, 2.05) is 29.6 Å². The van der Waals surface area contributed by atoms with Gasteiger partial charge in [-0.05, 0) is 36.5 Å². The standard InChI is InChI=1S/C21H19N7O3/c1-28(11-18-25-16-5-3-8-23-21(16)26-18)9-6-13-15(10-24-17(13)12-29)19(30)14-4-2-7-22-20(14)27-31/h2-10,12,24,31H,11H2,1H3,(H,22,27)(H,23,25,26)/b9-6-. The van der Waals surface area contributed by atoms with Crippen LogP contribution in [0, 0.1) is 0 Å². The van der Waals surface area contributed by atoms with Gasteiger partial charge in [0.1, 0.15) is 5.82 Å². The van der Waals surface area contributed by atoms with Crippen molar-refractivity contribution in [3.63, 3.8) is 0 Å². The molecule has 0 unspecified atom stereocenters. The van der Waals surface area contributed by atoms with E-state index in [1.54, 1.807) is 24.5 Å². The topological polar surface area (TPSA) is 140 Å². The van der Waals surface area contributed by atoms with Crippen molar-refractivity contribution in [1.29, 1.82) is 0 Å². The van der Waals surface area contributed by atoms with E-state index >= 15 is 0 Å². The molecule has 156 valence electrons. The lowest BCUT2D eigenvalue weighted by Crippen LogP contribution is -2.11.